The minimum Gasteiger partial charge on any atom is -0.462 e. The number of ether oxygens (including phenoxy) is 1. The maximum absolute atomic E-state index is 12.6. The quantitative estimate of drug-likeness (QED) is 0.720. The minimum atomic E-state index is -0.461. The Kier molecular flexibility index (Phi) is 6.54. The van der Waals surface area contributed by atoms with Crippen LogP contribution in [-0.2, 0) is 14.3 Å². The summed E-state index contributed by atoms with van der Waals surface area (Å²) in [7, 11) is 0. The van der Waals surface area contributed by atoms with E-state index in [4.69, 9.17) is 16.3 Å². The number of benzene rings is 2. The fraction of sp³-hybridized carbons (Fsp3) is 0.318. The number of halogens is 1. The Morgan fingerprint density at radius 3 is 2.59 bits per heavy atom. The second-order valence-corrected chi connectivity index (χ2v) is 7.88. The standard InChI is InChI=1S/C22H23ClN2O4/c1-14(2)13-29-22(28)15-6-8-18(9-7-15)24-21(27)16-10-20(26)25(12-16)19-5-3-4-17(23)11-19/h3-9,11,14,16H,10,12-13H2,1-2H3,(H,24,27)/t16-/m0/s1. The lowest BCUT2D eigenvalue weighted by Crippen LogP contribution is -2.28. The molecule has 0 radical (unpaired) electrons. The van der Waals surface area contributed by atoms with Crippen LogP contribution in [0.2, 0.25) is 5.02 Å². The van der Waals surface area contributed by atoms with Crippen molar-refractivity contribution in [1.82, 2.24) is 0 Å². The van der Waals surface area contributed by atoms with Gasteiger partial charge in [-0.1, -0.05) is 31.5 Å². The second kappa shape index (κ2) is 9.09. The van der Waals surface area contributed by atoms with Gasteiger partial charge in [-0.15, -0.1) is 0 Å². The average molecular weight is 415 g/mol. The second-order valence-electron chi connectivity index (χ2n) is 7.44. The van der Waals surface area contributed by atoms with Crippen molar-refractivity contribution in [2.75, 3.05) is 23.4 Å². The third-order valence-corrected chi connectivity index (χ3v) is 4.79. The summed E-state index contributed by atoms with van der Waals surface area (Å²) in [4.78, 5) is 38.5. The van der Waals surface area contributed by atoms with E-state index in [-0.39, 0.29) is 24.2 Å². The molecule has 1 heterocycles. The van der Waals surface area contributed by atoms with E-state index < -0.39 is 11.9 Å². The molecule has 1 N–H and O–H groups in total. The van der Waals surface area contributed by atoms with E-state index in [0.29, 0.717) is 35.1 Å². The highest BCUT2D eigenvalue weighted by Crippen LogP contribution is 2.28. The molecule has 6 nitrogen and oxygen atoms in total. The van der Waals surface area contributed by atoms with Gasteiger partial charge in [0.2, 0.25) is 11.8 Å². The van der Waals surface area contributed by atoms with Crippen molar-refractivity contribution < 1.29 is 19.1 Å². The van der Waals surface area contributed by atoms with Gasteiger partial charge in [-0.2, -0.15) is 0 Å². The molecular weight excluding hydrogens is 392 g/mol. The molecule has 7 heteroatoms. The SMILES string of the molecule is CC(C)COC(=O)c1ccc(NC(=O)[C@H]2CC(=O)N(c3cccc(Cl)c3)C2)cc1. The molecule has 0 aromatic heterocycles. The fourth-order valence-electron chi connectivity index (χ4n) is 3.04. The number of rotatable bonds is 6. The highest BCUT2D eigenvalue weighted by atomic mass is 35.5. The highest BCUT2D eigenvalue weighted by Gasteiger charge is 2.35. The predicted molar refractivity (Wildman–Crippen MR) is 112 cm³/mol. The number of anilines is 2. The number of amides is 2. The van der Waals surface area contributed by atoms with E-state index in [1.165, 1.54) is 0 Å². The van der Waals surface area contributed by atoms with Gasteiger partial charge in [0.25, 0.3) is 0 Å². The van der Waals surface area contributed by atoms with E-state index >= 15 is 0 Å². The lowest BCUT2D eigenvalue weighted by atomic mass is 10.1. The molecule has 1 fully saturated rings. The molecule has 3 rings (SSSR count). The van der Waals surface area contributed by atoms with Crippen LogP contribution in [0.25, 0.3) is 0 Å². The Morgan fingerprint density at radius 2 is 1.93 bits per heavy atom. The highest BCUT2D eigenvalue weighted by molar-refractivity contribution is 6.31. The predicted octanol–water partition coefficient (Wildman–Crippen LogP) is 4.14. The lowest BCUT2D eigenvalue weighted by Gasteiger charge is -2.17. The third-order valence-electron chi connectivity index (χ3n) is 4.55. The molecule has 0 aliphatic carbocycles. The largest absolute Gasteiger partial charge is 0.462 e. The maximum Gasteiger partial charge on any atom is 0.338 e. The summed E-state index contributed by atoms with van der Waals surface area (Å²) in [6, 6.07) is 13.5. The Hall–Kier alpha value is -2.86. The summed E-state index contributed by atoms with van der Waals surface area (Å²) in [5.41, 5.74) is 1.66. The van der Waals surface area contributed by atoms with Crippen LogP contribution in [0.15, 0.2) is 48.5 Å². The Morgan fingerprint density at radius 1 is 1.21 bits per heavy atom. The van der Waals surface area contributed by atoms with Crippen molar-refractivity contribution in [3.05, 3.63) is 59.1 Å². The van der Waals surface area contributed by atoms with Gasteiger partial charge in [0, 0.05) is 29.4 Å². The molecule has 1 atom stereocenters. The molecule has 0 saturated carbocycles. The maximum atomic E-state index is 12.6. The van der Waals surface area contributed by atoms with Crippen molar-refractivity contribution in [3.63, 3.8) is 0 Å². The molecule has 152 valence electrons. The van der Waals surface area contributed by atoms with Crippen LogP contribution in [0.4, 0.5) is 11.4 Å². The molecule has 1 aliphatic rings. The average Bonchev–Trinajstić information content (AvgIpc) is 3.08. The van der Waals surface area contributed by atoms with Gasteiger partial charge >= 0.3 is 5.97 Å². The fourth-order valence-corrected chi connectivity index (χ4v) is 3.22. The zero-order valence-electron chi connectivity index (χ0n) is 16.4. The van der Waals surface area contributed by atoms with Gasteiger partial charge in [-0.25, -0.2) is 4.79 Å². The number of carbonyl (C=O) groups is 3. The first-order chi connectivity index (χ1) is 13.8. The van der Waals surface area contributed by atoms with E-state index in [2.05, 4.69) is 5.32 Å². The zero-order valence-corrected chi connectivity index (χ0v) is 17.1. The lowest BCUT2D eigenvalue weighted by molar-refractivity contribution is -0.122. The minimum absolute atomic E-state index is 0.115. The monoisotopic (exact) mass is 414 g/mol. The van der Waals surface area contributed by atoms with E-state index in [0.717, 1.165) is 0 Å². The van der Waals surface area contributed by atoms with Gasteiger partial charge < -0.3 is 15.0 Å². The zero-order chi connectivity index (χ0) is 21.0. The summed E-state index contributed by atoms with van der Waals surface area (Å²) in [5, 5.41) is 3.35. The number of nitrogens with one attached hydrogen (secondary N) is 1. The molecule has 0 unspecified atom stereocenters. The van der Waals surface area contributed by atoms with Crippen LogP contribution < -0.4 is 10.2 Å². The molecule has 1 saturated heterocycles. The Labute approximate surface area is 174 Å². The van der Waals surface area contributed by atoms with Crippen molar-refractivity contribution in [1.29, 1.82) is 0 Å². The van der Waals surface area contributed by atoms with Crippen LogP contribution >= 0.6 is 11.6 Å². The molecule has 29 heavy (non-hydrogen) atoms. The van der Waals surface area contributed by atoms with Crippen LogP contribution in [-0.4, -0.2) is 30.9 Å². The Balaban J connectivity index is 1.59. The van der Waals surface area contributed by atoms with E-state index in [9.17, 15) is 14.4 Å². The molecule has 0 bridgehead atoms. The molecular formula is C22H23ClN2O4. The summed E-state index contributed by atoms with van der Waals surface area (Å²) in [6.45, 7) is 4.58. The van der Waals surface area contributed by atoms with Crippen molar-refractivity contribution in [2.24, 2.45) is 11.8 Å². The van der Waals surface area contributed by atoms with Gasteiger partial charge in [0.05, 0.1) is 18.1 Å². The first-order valence-corrected chi connectivity index (χ1v) is 9.85. The first kappa shape index (κ1) is 20.9. The number of nitrogens with zero attached hydrogens (tertiary/aromatic N) is 1. The first-order valence-electron chi connectivity index (χ1n) is 9.47. The van der Waals surface area contributed by atoms with Crippen LogP contribution in [0.1, 0.15) is 30.6 Å². The Bertz CT molecular complexity index is 911. The van der Waals surface area contributed by atoms with Crippen molar-refractivity contribution in [3.8, 4) is 0 Å². The van der Waals surface area contributed by atoms with Gasteiger partial charge in [-0.3, -0.25) is 9.59 Å². The molecule has 1 aliphatic heterocycles. The molecule has 2 aromatic carbocycles. The summed E-state index contributed by atoms with van der Waals surface area (Å²) < 4.78 is 5.19. The topological polar surface area (TPSA) is 75.7 Å². The number of hydrogen-bond acceptors (Lipinski definition) is 4. The van der Waals surface area contributed by atoms with Gasteiger partial charge in [0.15, 0.2) is 0 Å². The molecule has 2 aromatic rings. The number of hydrogen-bond donors (Lipinski definition) is 1. The van der Waals surface area contributed by atoms with Gasteiger partial charge in [-0.05, 0) is 48.4 Å². The van der Waals surface area contributed by atoms with E-state index in [1.807, 2.05) is 13.8 Å². The molecule has 0 spiro atoms. The smallest absolute Gasteiger partial charge is 0.338 e. The van der Waals surface area contributed by atoms with Crippen LogP contribution in [0, 0.1) is 11.8 Å². The van der Waals surface area contributed by atoms with Gasteiger partial charge in [0.1, 0.15) is 0 Å². The van der Waals surface area contributed by atoms with E-state index in [1.54, 1.807) is 53.4 Å². The normalized spacial score (nSPS) is 16.2. The molecule has 2 amide bonds. The van der Waals surface area contributed by atoms with Crippen LogP contribution in [0.3, 0.4) is 0 Å². The third kappa shape index (κ3) is 5.35. The van der Waals surface area contributed by atoms with Crippen LogP contribution in [0.5, 0.6) is 0 Å². The van der Waals surface area contributed by atoms with Crippen molar-refractivity contribution >= 4 is 40.8 Å². The summed E-state index contributed by atoms with van der Waals surface area (Å²) >= 11 is 6.00. The summed E-state index contributed by atoms with van der Waals surface area (Å²) in [6.07, 6.45) is 0.137. The van der Waals surface area contributed by atoms with Crippen molar-refractivity contribution in [2.45, 2.75) is 20.3 Å². The summed E-state index contributed by atoms with van der Waals surface area (Å²) in [5.74, 6) is -0.945. The number of esters is 1. The number of carbonyl (C=O) groups excluding carboxylic acids is 3.